The molecule has 8 nitrogen and oxygen atoms in total. The number of fused-ring (bicyclic) bond motifs is 1. The van der Waals surface area contributed by atoms with Crippen molar-refractivity contribution in [2.75, 3.05) is 23.7 Å². The highest BCUT2D eigenvalue weighted by molar-refractivity contribution is 5.87. The monoisotopic (exact) mass is 363 g/mol. The zero-order chi connectivity index (χ0) is 18.6. The third kappa shape index (κ3) is 3.94. The summed E-state index contributed by atoms with van der Waals surface area (Å²) in [5, 5.41) is 6.69. The van der Waals surface area contributed by atoms with Crippen LogP contribution in [0.5, 0.6) is 0 Å². The van der Waals surface area contributed by atoms with E-state index in [1.807, 2.05) is 25.1 Å². The maximum atomic E-state index is 10.8. The smallest absolute Gasteiger partial charge is 0.223 e. The molecule has 2 N–H and O–H groups in total. The number of carbonyl (C=O) groups is 1. The number of amides is 1. The topological polar surface area (TPSA) is 95.9 Å². The minimum atomic E-state index is 0.247. The minimum Gasteiger partial charge on any atom is -0.351 e. The first-order valence-electron chi connectivity index (χ1n) is 8.98. The van der Waals surface area contributed by atoms with Gasteiger partial charge >= 0.3 is 0 Å². The molecule has 138 valence electrons. The van der Waals surface area contributed by atoms with Crippen LogP contribution < -0.4 is 10.6 Å². The molecule has 3 aromatic rings. The fourth-order valence-electron chi connectivity index (χ4n) is 3.21. The Bertz CT molecular complexity index is 954. The molecular formula is C19H21N7O. The van der Waals surface area contributed by atoms with Gasteiger partial charge in [-0.15, -0.1) is 0 Å². The molecule has 0 bridgehead atoms. The molecule has 1 amide bonds. The first-order chi connectivity index (χ1) is 13.2. The van der Waals surface area contributed by atoms with Gasteiger partial charge in [-0.3, -0.25) is 4.79 Å². The third-order valence-corrected chi connectivity index (χ3v) is 4.67. The fourth-order valence-corrected chi connectivity index (χ4v) is 3.21. The van der Waals surface area contributed by atoms with Crippen LogP contribution in [0.4, 0.5) is 17.5 Å². The number of anilines is 3. The number of aryl methyl sites for hydroxylation is 1. The van der Waals surface area contributed by atoms with E-state index in [9.17, 15) is 4.79 Å². The Morgan fingerprint density at radius 1 is 1.19 bits per heavy atom. The number of nitrogens with zero attached hydrogens (tertiary/aromatic N) is 5. The van der Waals surface area contributed by atoms with Crippen molar-refractivity contribution in [3.05, 3.63) is 42.4 Å². The largest absolute Gasteiger partial charge is 0.351 e. The van der Waals surface area contributed by atoms with Crippen molar-refractivity contribution in [1.82, 2.24) is 24.8 Å². The Kier molecular flexibility index (Phi) is 4.78. The molecule has 0 unspecified atom stereocenters. The van der Waals surface area contributed by atoms with Gasteiger partial charge in [0.1, 0.15) is 17.4 Å². The van der Waals surface area contributed by atoms with Crippen LogP contribution in [0.15, 0.2) is 36.8 Å². The molecule has 1 aliphatic rings. The molecular weight excluding hydrogens is 342 g/mol. The Morgan fingerprint density at radius 2 is 2.04 bits per heavy atom. The summed E-state index contributed by atoms with van der Waals surface area (Å²) in [6.07, 6.45) is 5.86. The lowest BCUT2D eigenvalue weighted by atomic mass is 10.1. The van der Waals surface area contributed by atoms with E-state index in [4.69, 9.17) is 0 Å². The van der Waals surface area contributed by atoms with Gasteiger partial charge in [0.05, 0.1) is 6.20 Å². The standard InChI is InChI=1S/C19H21N7O/c1-13-3-2-4-15(9-13)23-18-17-16(21-11-22-18)10-20-19(25-17)24-14-5-7-26(12-27)8-6-14/h2-4,9-12,14H,5-8H2,1H3,(H,20,24,25)(H,21,22,23). The molecule has 1 saturated heterocycles. The van der Waals surface area contributed by atoms with Gasteiger partial charge in [-0.1, -0.05) is 12.1 Å². The van der Waals surface area contributed by atoms with Gasteiger partial charge in [0.25, 0.3) is 0 Å². The van der Waals surface area contributed by atoms with E-state index in [1.54, 1.807) is 11.1 Å². The highest BCUT2D eigenvalue weighted by atomic mass is 16.1. The predicted molar refractivity (Wildman–Crippen MR) is 104 cm³/mol. The summed E-state index contributed by atoms with van der Waals surface area (Å²) >= 11 is 0. The first-order valence-corrected chi connectivity index (χ1v) is 8.98. The average molecular weight is 363 g/mol. The number of hydrogen-bond donors (Lipinski definition) is 2. The highest BCUT2D eigenvalue weighted by Gasteiger charge is 2.19. The summed E-state index contributed by atoms with van der Waals surface area (Å²) in [5.74, 6) is 1.20. The van der Waals surface area contributed by atoms with Crippen LogP contribution in [0, 0.1) is 6.92 Å². The molecule has 3 heterocycles. The summed E-state index contributed by atoms with van der Waals surface area (Å²) in [5.41, 5.74) is 3.46. The maximum absolute atomic E-state index is 10.8. The van der Waals surface area contributed by atoms with E-state index < -0.39 is 0 Å². The number of aromatic nitrogens is 4. The maximum Gasteiger partial charge on any atom is 0.223 e. The van der Waals surface area contributed by atoms with Crippen LogP contribution in [0.25, 0.3) is 11.0 Å². The van der Waals surface area contributed by atoms with Crippen LogP contribution in [0.1, 0.15) is 18.4 Å². The van der Waals surface area contributed by atoms with E-state index in [0.29, 0.717) is 22.8 Å². The lowest BCUT2D eigenvalue weighted by molar-refractivity contribution is -0.118. The molecule has 0 atom stereocenters. The summed E-state index contributed by atoms with van der Waals surface area (Å²) in [6, 6.07) is 8.33. The van der Waals surface area contributed by atoms with Gasteiger partial charge in [0, 0.05) is 24.8 Å². The molecule has 2 aromatic heterocycles. The van der Waals surface area contributed by atoms with E-state index in [2.05, 4.69) is 36.6 Å². The van der Waals surface area contributed by atoms with Crippen molar-refractivity contribution in [2.24, 2.45) is 0 Å². The normalized spacial score (nSPS) is 14.9. The number of rotatable bonds is 5. The Hall–Kier alpha value is -3.29. The zero-order valence-electron chi connectivity index (χ0n) is 15.1. The van der Waals surface area contributed by atoms with Gasteiger partial charge in [0.2, 0.25) is 12.4 Å². The number of carbonyl (C=O) groups excluding carboxylic acids is 1. The summed E-state index contributed by atoms with van der Waals surface area (Å²) in [6.45, 7) is 3.54. The van der Waals surface area contributed by atoms with Crippen LogP contribution in [-0.2, 0) is 4.79 Å². The molecule has 0 radical (unpaired) electrons. The van der Waals surface area contributed by atoms with Crippen molar-refractivity contribution in [3.8, 4) is 0 Å². The van der Waals surface area contributed by atoms with Crippen molar-refractivity contribution in [3.63, 3.8) is 0 Å². The lowest BCUT2D eigenvalue weighted by Gasteiger charge is -2.29. The molecule has 4 rings (SSSR count). The van der Waals surface area contributed by atoms with Crippen molar-refractivity contribution >= 4 is 34.9 Å². The Morgan fingerprint density at radius 3 is 2.81 bits per heavy atom. The van der Waals surface area contributed by atoms with Crippen LogP contribution in [0.3, 0.4) is 0 Å². The van der Waals surface area contributed by atoms with Crippen molar-refractivity contribution < 1.29 is 4.79 Å². The molecule has 1 aliphatic heterocycles. The fraction of sp³-hybridized carbons (Fsp3) is 0.316. The molecule has 0 spiro atoms. The van der Waals surface area contributed by atoms with E-state index >= 15 is 0 Å². The molecule has 1 fully saturated rings. The first kappa shape index (κ1) is 17.1. The zero-order valence-corrected chi connectivity index (χ0v) is 15.1. The van der Waals surface area contributed by atoms with Crippen LogP contribution in [0.2, 0.25) is 0 Å². The number of benzene rings is 1. The third-order valence-electron chi connectivity index (χ3n) is 4.67. The number of hydrogen-bond acceptors (Lipinski definition) is 7. The van der Waals surface area contributed by atoms with Crippen molar-refractivity contribution in [2.45, 2.75) is 25.8 Å². The van der Waals surface area contributed by atoms with Crippen molar-refractivity contribution in [1.29, 1.82) is 0 Å². The van der Waals surface area contributed by atoms with Crippen LogP contribution >= 0.6 is 0 Å². The number of nitrogens with one attached hydrogen (secondary N) is 2. The van der Waals surface area contributed by atoms with Gasteiger partial charge in [0.15, 0.2) is 5.82 Å². The second-order valence-electron chi connectivity index (χ2n) is 6.70. The average Bonchev–Trinajstić information content (AvgIpc) is 2.69. The molecule has 1 aromatic carbocycles. The van der Waals surface area contributed by atoms with Gasteiger partial charge in [-0.05, 0) is 37.5 Å². The van der Waals surface area contributed by atoms with E-state index in [1.165, 1.54) is 6.33 Å². The predicted octanol–water partition coefficient (Wildman–Crippen LogP) is 2.50. The van der Waals surface area contributed by atoms with E-state index in [-0.39, 0.29) is 6.04 Å². The van der Waals surface area contributed by atoms with Gasteiger partial charge in [-0.25, -0.2) is 19.9 Å². The summed E-state index contributed by atoms with van der Waals surface area (Å²) in [7, 11) is 0. The van der Waals surface area contributed by atoms with E-state index in [0.717, 1.165) is 43.6 Å². The van der Waals surface area contributed by atoms with Gasteiger partial charge in [-0.2, -0.15) is 0 Å². The number of piperidine rings is 1. The molecule has 0 saturated carbocycles. The number of likely N-dealkylation sites (tertiary alicyclic amines) is 1. The van der Waals surface area contributed by atoms with Crippen LogP contribution in [-0.4, -0.2) is 50.4 Å². The second kappa shape index (κ2) is 7.53. The minimum absolute atomic E-state index is 0.247. The Balaban J connectivity index is 1.56. The SMILES string of the molecule is Cc1cccc(Nc2ncnc3cnc(NC4CCN(C=O)CC4)nc23)c1. The quantitative estimate of drug-likeness (QED) is 0.672. The Labute approximate surface area is 157 Å². The molecule has 8 heteroatoms. The highest BCUT2D eigenvalue weighted by Crippen LogP contribution is 2.23. The summed E-state index contributed by atoms with van der Waals surface area (Å²) < 4.78 is 0. The molecule has 27 heavy (non-hydrogen) atoms. The second-order valence-corrected chi connectivity index (χ2v) is 6.70. The summed E-state index contributed by atoms with van der Waals surface area (Å²) in [4.78, 5) is 30.3. The van der Waals surface area contributed by atoms with Gasteiger partial charge < -0.3 is 15.5 Å². The molecule has 0 aliphatic carbocycles. The lowest BCUT2D eigenvalue weighted by Crippen LogP contribution is -2.38.